The van der Waals surface area contributed by atoms with Crippen LogP contribution in [0.25, 0.3) is 0 Å². The highest BCUT2D eigenvalue weighted by molar-refractivity contribution is 6.70. The Balaban J connectivity index is 3.12. The van der Waals surface area contributed by atoms with Gasteiger partial charge in [0.15, 0.2) is 5.78 Å². The van der Waals surface area contributed by atoms with Crippen molar-refractivity contribution in [3.63, 3.8) is 0 Å². The van der Waals surface area contributed by atoms with E-state index in [1.165, 1.54) is 18.5 Å². The van der Waals surface area contributed by atoms with Gasteiger partial charge < -0.3 is 4.74 Å². The van der Waals surface area contributed by atoms with E-state index in [2.05, 4.69) is 0 Å². The van der Waals surface area contributed by atoms with E-state index in [4.69, 9.17) is 13.8 Å². The second kappa shape index (κ2) is 9.27. The van der Waals surface area contributed by atoms with Crippen LogP contribution in [-0.2, 0) is 18.6 Å². The number of hydrogen-bond donors (Lipinski definition) is 0. The van der Waals surface area contributed by atoms with Crippen LogP contribution < -0.4 is 0 Å². The maximum absolute atomic E-state index is 12.5. The number of ketones is 1. The lowest BCUT2D eigenvalue weighted by Gasteiger charge is -2.32. The predicted octanol–water partition coefficient (Wildman–Crippen LogP) is 4.15. The maximum Gasteiger partial charge on any atom is 0.335 e. The zero-order chi connectivity index (χ0) is 20.0. The Hall–Kier alpha value is -1.75. The van der Waals surface area contributed by atoms with Gasteiger partial charge in [0.25, 0.3) is 0 Å². The average molecular weight is 396 g/mol. The van der Waals surface area contributed by atoms with Gasteiger partial charge in [0.05, 0.1) is 18.9 Å². The molecule has 0 fully saturated rings. The van der Waals surface area contributed by atoms with Gasteiger partial charge in [-0.3, -0.25) is 13.8 Å². The van der Waals surface area contributed by atoms with Crippen molar-refractivity contribution in [2.24, 2.45) is 0 Å². The van der Waals surface area contributed by atoms with Crippen LogP contribution in [0.1, 0.15) is 16.8 Å². The van der Waals surface area contributed by atoms with Crippen LogP contribution in [0, 0.1) is 0 Å². The highest BCUT2D eigenvalue weighted by Gasteiger charge is 2.27. The smallest absolute Gasteiger partial charge is 0.335 e. The molecular weight excluding hydrogens is 366 g/mol. The first-order chi connectivity index (χ1) is 11.9. The molecule has 0 aliphatic rings. The highest BCUT2D eigenvalue weighted by atomic mass is 28.4. The molecule has 0 unspecified atom stereocenters. The zero-order valence-electron chi connectivity index (χ0n) is 16.7. The van der Waals surface area contributed by atoms with Gasteiger partial charge in [-0.15, -0.1) is 0 Å². The number of Topliss-reactive ketones (excluding diaryl/α,β-unsaturated/α-hetero) is 1. The molecule has 144 valence electrons. The Bertz CT molecular complexity index is 632. The largest absolute Gasteiger partial charge is 0.466 e. The summed E-state index contributed by atoms with van der Waals surface area (Å²) in [5.41, 5.74) is 0.712. The number of ether oxygens (including phenoxy) is 1. The first kappa shape index (κ1) is 22.3. The van der Waals surface area contributed by atoms with Crippen LogP contribution in [0.15, 0.2) is 42.1 Å². The van der Waals surface area contributed by atoms with E-state index in [1.54, 1.807) is 24.3 Å². The lowest BCUT2D eigenvalue weighted by atomic mass is 10.0. The number of carbonyl (C=O) groups is 2. The second-order valence-electron chi connectivity index (χ2n) is 7.80. The summed E-state index contributed by atoms with van der Waals surface area (Å²) in [6, 6.07) is 8.82. The average Bonchev–Trinajstić information content (AvgIpc) is 2.51. The molecule has 8 heteroatoms. The SMILES string of the molecule is COC(=O)/C(=C/N(O[Si](C)(C)C)O[Si](C)(C)C)CC(=O)c1ccccc1. The van der Waals surface area contributed by atoms with Crippen molar-refractivity contribution >= 4 is 28.4 Å². The Morgan fingerprint density at radius 2 is 1.46 bits per heavy atom. The lowest BCUT2D eigenvalue weighted by Crippen LogP contribution is -2.41. The number of esters is 1. The Labute approximate surface area is 157 Å². The fourth-order valence-electron chi connectivity index (χ4n) is 1.94. The molecule has 0 aliphatic heterocycles. The topological polar surface area (TPSA) is 65.1 Å². The standard InChI is InChI=1S/C18H29NO5Si2/c1-22-18(21)16(13-17(20)15-11-9-8-10-12-15)14-19(23-25(2,3)4)24-26(5,6)7/h8-12,14H,13H2,1-7H3/b16-14+. The minimum absolute atomic E-state index is 0.0999. The van der Waals surface area contributed by atoms with Crippen molar-refractivity contribution in [3.05, 3.63) is 47.7 Å². The number of methoxy groups -OCH3 is 1. The summed E-state index contributed by atoms with van der Waals surface area (Å²) in [4.78, 5) is 24.7. The van der Waals surface area contributed by atoms with Gasteiger partial charge in [-0.1, -0.05) is 30.3 Å². The normalized spacial score (nSPS) is 12.7. The third-order valence-electron chi connectivity index (χ3n) is 2.88. The van der Waals surface area contributed by atoms with E-state index < -0.39 is 22.6 Å². The van der Waals surface area contributed by atoms with Crippen molar-refractivity contribution in [1.29, 1.82) is 0 Å². The molecule has 0 bridgehead atoms. The van der Waals surface area contributed by atoms with Crippen LogP contribution in [0.3, 0.4) is 0 Å². The van der Waals surface area contributed by atoms with Crippen molar-refractivity contribution in [2.75, 3.05) is 7.11 Å². The minimum Gasteiger partial charge on any atom is -0.466 e. The second-order valence-corrected chi connectivity index (χ2v) is 16.6. The molecule has 0 radical (unpaired) electrons. The predicted molar refractivity (Wildman–Crippen MR) is 106 cm³/mol. The first-order valence-electron chi connectivity index (χ1n) is 8.46. The third kappa shape index (κ3) is 8.57. The van der Waals surface area contributed by atoms with Crippen molar-refractivity contribution in [2.45, 2.75) is 45.7 Å². The summed E-state index contributed by atoms with van der Waals surface area (Å²) in [5.74, 6) is -0.763. The van der Waals surface area contributed by atoms with Gasteiger partial charge in [-0.25, -0.2) is 4.79 Å². The molecule has 0 saturated heterocycles. The molecule has 1 aromatic rings. The molecule has 6 nitrogen and oxygen atoms in total. The van der Waals surface area contributed by atoms with Gasteiger partial charge in [0.2, 0.25) is 16.6 Å². The Kier molecular flexibility index (Phi) is 7.95. The summed E-state index contributed by atoms with van der Waals surface area (Å²) >= 11 is 0. The number of benzene rings is 1. The Morgan fingerprint density at radius 3 is 1.88 bits per heavy atom. The first-order valence-corrected chi connectivity index (χ1v) is 15.3. The number of hydroxylamine groups is 2. The van der Waals surface area contributed by atoms with E-state index >= 15 is 0 Å². The number of rotatable bonds is 9. The summed E-state index contributed by atoms with van der Waals surface area (Å²) in [6.07, 6.45) is 1.33. The molecule has 0 amide bonds. The highest BCUT2D eigenvalue weighted by Crippen LogP contribution is 2.18. The molecule has 0 heterocycles. The molecule has 0 saturated carbocycles. The molecule has 0 aromatic heterocycles. The zero-order valence-corrected chi connectivity index (χ0v) is 18.7. The van der Waals surface area contributed by atoms with Gasteiger partial charge in [-0.2, -0.15) is 5.23 Å². The van der Waals surface area contributed by atoms with Crippen LogP contribution in [0.5, 0.6) is 0 Å². The fourth-order valence-corrected chi connectivity index (χ4v) is 3.27. The van der Waals surface area contributed by atoms with Crippen molar-refractivity contribution in [3.8, 4) is 0 Å². The minimum atomic E-state index is -1.99. The van der Waals surface area contributed by atoms with E-state index in [0.29, 0.717) is 5.56 Å². The summed E-state index contributed by atoms with van der Waals surface area (Å²) in [7, 11) is -2.70. The molecule has 1 aromatic carbocycles. The maximum atomic E-state index is 12.5. The van der Waals surface area contributed by atoms with E-state index in [0.717, 1.165) is 0 Å². The molecular formula is C18H29NO5Si2. The van der Waals surface area contributed by atoms with Crippen LogP contribution in [0.4, 0.5) is 0 Å². The van der Waals surface area contributed by atoms with E-state index in [9.17, 15) is 9.59 Å². The van der Waals surface area contributed by atoms with Crippen LogP contribution >= 0.6 is 0 Å². The monoisotopic (exact) mass is 395 g/mol. The molecule has 0 spiro atoms. The number of carbonyl (C=O) groups excluding carboxylic acids is 2. The lowest BCUT2D eigenvalue weighted by molar-refractivity contribution is -0.232. The van der Waals surface area contributed by atoms with Crippen LogP contribution in [0.2, 0.25) is 39.3 Å². The summed E-state index contributed by atoms with van der Waals surface area (Å²) in [6.45, 7) is 12.0. The third-order valence-corrected chi connectivity index (χ3v) is 4.34. The van der Waals surface area contributed by atoms with Gasteiger partial charge in [-0.05, 0) is 39.3 Å². The molecule has 26 heavy (non-hydrogen) atoms. The summed E-state index contributed by atoms with van der Waals surface area (Å²) in [5, 5.41) is 1.25. The Morgan fingerprint density at radius 1 is 0.962 bits per heavy atom. The van der Waals surface area contributed by atoms with Crippen molar-refractivity contribution in [1.82, 2.24) is 5.23 Å². The van der Waals surface area contributed by atoms with Crippen LogP contribution in [-0.4, -0.2) is 40.7 Å². The molecule has 0 aliphatic carbocycles. The number of hydrogen-bond acceptors (Lipinski definition) is 6. The van der Waals surface area contributed by atoms with Gasteiger partial charge >= 0.3 is 5.97 Å². The quantitative estimate of drug-likeness (QED) is 0.206. The van der Waals surface area contributed by atoms with Gasteiger partial charge in [0, 0.05) is 12.0 Å². The van der Waals surface area contributed by atoms with E-state index in [-0.39, 0.29) is 17.8 Å². The molecule has 1 rings (SSSR count). The fraction of sp³-hybridized carbons (Fsp3) is 0.444. The molecule has 0 N–H and O–H groups in total. The summed E-state index contributed by atoms with van der Waals surface area (Å²) < 4.78 is 16.7. The van der Waals surface area contributed by atoms with E-state index in [1.807, 2.05) is 45.3 Å². The molecule has 0 atom stereocenters. The van der Waals surface area contributed by atoms with Crippen molar-refractivity contribution < 1.29 is 23.4 Å². The number of nitrogens with zero attached hydrogens (tertiary/aromatic N) is 1. The van der Waals surface area contributed by atoms with Gasteiger partial charge in [0.1, 0.15) is 0 Å².